The van der Waals surface area contributed by atoms with Crippen molar-refractivity contribution < 1.29 is 23.7 Å². The zero-order chi connectivity index (χ0) is 18.7. The van der Waals surface area contributed by atoms with Gasteiger partial charge in [-0.3, -0.25) is 4.79 Å². The van der Waals surface area contributed by atoms with Crippen molar-refractivity contribution in [2.24, 2.45) is 11.8 Å². The zero-order valence-corrected chi connectivity index (χ0v) is 15.6. The van der Waals surface area contributed by atoms with Crippen LogP contribution in [0.3, 0.4) is 0 Å². The summed E-state index contributed by atoms with van der Waals surface area (Å²) in [6, 6.07) is -0.312. The standard InChI is InChI=1S/C20H29NO5/c1-5-7-14(13(3)4)15(8-6-2)20(22)21-16-9-23-11-25-18(16)19-17(21)10-24-12-26-19/h5-7,14-19H,2-3,8-12H2,1,4H3/b7-5+/t14-,15-,16-,17-,18+,19+/m0/s1. The van der Waals surface area contributed by atoms with Crippen LogP contribution in [0.1, 0.15) is 20.3 Å². The van der Waals surface area contributed by atoms with E-state index < -0.39 is 0 Å². The van der Waals surface area contributed by atoms with E-state index in [0.717, 1.165) is 5.57 Å². The smallest absolute Gasteiger partial charge is 0.227 e. The van der Waals surface area contributed by atoms with Crippen molar-refractivity contribution in [3.8, 4) is 0 Å². The molecule has 0 radical (unpaired) electrons. The molecule has 6 heteroatoms. The number of carbonyl (C=O) groups excluding carboxylic acids is 1. The monoisotopic (exact) mass is 363 g/mol. The predicted octanol–water partition coefficient (Wildman–Crippen LogP) is 2.27. The Kier molecular flexibility index (Phi) is 6.29. The number of likely N-dealkylation sites (tertiary alicyclic amines) is 1. The van der Waals surface area contributed by atoms with Crippen molar-refractivity contribution in [3.63, 3.8) is 0 Å². The summed E-state index contributed by atoms with van der Waals surface area (Å²) >= 11 is 0. The molecule has 3 heterocycles. The topological polar surface area (TPSA) is 57.2 Å². The number of carbonyl (C=O) groups is 1. The second-order valence-electron chi connectivity index (χ2n) is 7.15. The van der Waals surface area contributed by atoms with Gasteiger partial charge in [0, 0.05) is 5.92 Å². The minimum atomic E-state index is -0.260. The Morgan fingerprint density at radius 1 is 1.19 bits per heavy atom. The van der Waals surface area contributed by atoms with Crippen LogP contribution < -0.4 is 0 Å². The van der Waals surface area contributed by atoms with Gasteiger partial charge in [0.15, 0.2) is 0 Å². The van der Waals surface area contributed by atoms with Crippen molar-refractivity contribution in [1.82, 2.24) is 4.90 Å². The molecule has 3 rings (SSSR count). The van der Waals surface area contributed by atoms with Gasteiger partial charge in [0.05, 0.1) is 31.2 Å². The molecule has 144 valence electrons. The minimum Gasteiger partial charge on any atom is -0.353 e. The maximum atomic E-state index is 13.6. The van der Waals surface area contributed by atoms with Gasteiger partial charge >= 0.3 is 0 Å². The minimum absolute atomic E-state index is 0.0427. The largest absolute Gasteiger partial charge is 0.353 e. The van der Waals surface area contributed by atoms with Gasteiger partial charge in [0.25, 0.3) is 0 Å². The molecule has 0 spiro atoms. The lowest BCUT2D eigenvalue weighted by molar-refractivity contribution is -0.208. The molecule has 3 saturated heterocycles. The second-order valence-corrected chi connectivity index (χ2v) is 7.15. The predicted molar refractivity (Wildman–Crippen MR) is 97.2 cm³/mol. The van der Waals surface area contributed by atoms with Gasteiger partial charge in [-0.2, -0.15) is 0 Å². The molecule has 6 nitrogen and oxygen atoms in total. The number of rotatable bonds is 6. The normalized spacial score (nSPS) is 33.4. The number of nitrogens with zero attached hydrogens (tertiary/aromatic N) is 1. The summed E-state index contributed by atoms with van der Waals surface area (Å²) in [5.74, 6) is -0.245. The van der Waals surface area contributed by atoms with Crippen LogP contribution >= 0.6 is 0 Å². The molecule has 6 atom stereocenters. The summed E-state index contributed by atoms with van der Waals surface area (Å²) in [6.45, 7) is 13.2. The SMILES string of the molecule is C=CC[C@H](C(=O)N1[C@H]2COCO[C@H]2[C@@H]2OCOC[C@@H]21)[C@@H](/C=C/C)C(=C)C. The lowest BCUT2D eigenvalue weighted by atomic mass is 9.83. The average Bonchev–Trinajstić information content (AvgIpc) is 2.98. The van der Waals surface area contributed by atoms with Gasteiger partial charge in [-0.1, -0.05) is 30.4 Å². The van der Waals surface area contributed by atoms with Crippen LogP contribution in [0.4, 0.5) is 0 Å². The van der Waals surface area contributed by atoms with E-state index in [4.69, 9.17) is 18.9 Å². The summed E-state index contributed by atoms with van der Waals surface area (Å²) in [7, 11) is 0. The molecule has 0 bridgehead atoms. The number of amides is 1. The molecule has 0 aromatic rings. The molecule has 3 fully saturated rings. The fourth-order valence-corrected chi connectivity index (χ4v) is 4.30. The molecule has 0 aromatic heterocycles. The Bertz CT molecular complexity index is 553. The van der Waals surface area contributed by atoms with Crippen LogP contribution in [0, 0.1) is 11.8 Å². The second kappa shape index (κ2) is 8.48. The van der Waals surface area contributed by atoms with Crippen molar-refractivity contribution in [2.75, 3.05) is 26.8 Å². The van der Waals surface area contributed by atoms with E-state index in [1.165, 1.54) is 0 Å². The number of ether oxygens (including phenoxy) is 4. The number of allylic oxidation sites excluding steroid dienone is 4. The summed E-state index contributed by atoms with van der Waals surface area (Å²) in [4.78, 5) is 15.5. The van der Waals surface area contributed by atoms with Crippen LogP contribution in [0.15, 0.2) is 37.0 Å². The third-order valence-electron chi connectivity index (χ3n) is 5.46. The van der Waals surface area contributed by atoms with Gasteiger partial charge in [0.2, 0.25) is 5.91 Å². The Morgan fingerprint density at radius 2 is 1.77 bits per heavy atom. The van der Waals surface area contributed by atoms with Crippen LogP contribution in [-0.2, 0) is 23.7 Å². The van der Waals surface area contributed by atoms with E-state index in [1.807, 2.05) is 30.9 Å². The Balaban J connectivity index is 1.91. The van der Waals surface area contributed by atoms with Gasteiger partial charge < -0.3 is 23.8 Å². The van der Waals surface area contributed by atoms with Crippen molar-refractivity contribution in [3.05, 3.63) is 37.0 Å². The average molecular weight is 363 g/mol. The maximum Gasteiger partial charge on any atom is 0.227 e. The maximum absolute atomic E-state index is 13.6. The molecular formula is C20H29NO5. The molecule has 0 aliphatic carbocycles. The van der Waals surface area contributed by atoms with Gasteiger partial charge in [-0.15, -0.1) is 6.58 Å². The molecule has 0 unspecified atom stereocenters. The highest BCUT2D eigenvalue weighted by Gasteiger charge is 2.56. The third-order valence-corrected chi connectivity index (χ3v) is 5.46. The van der Waals surface area contributed by atoms with Gasteiger partial charge in [-0.25, -0.2) is 0 Å². The third kappa shape index (κ3) is 3.51. The number of hydrogen-bond donors (Lipinski definition) is 0. The summed E-state index contributed by atoms with van der Waals surface area (Å²) in [5, 5.41) is 0. The van der Waals surface area contributed by atoms with E-state index in [2.05, 4.69) is 13.2 Å². The van der Waals surface area contributed by atoms with Crippen LogP contribution in [0.5, 0.6) is 0 Å². The van der Waals surface area contributed by atoms with E-state index in [9.17, 15) is 4.79 Å². The Labute approximate surface area is 155 Å². The van der Waals surface area contributed by atoms with Crippen molar-refractivity contribution in [1.29, 1.82) is 0 Å². The first-order valence-electron chi connectivity index (χ1n) is 9.20. The highest BCUT2D eigenvalue weighted by Crippen LogP contribution is 2.37. The van der Waals surface area contributed by atoms with E-state index >= 15 is 0 Å². The lowest BCUT2D eigenvalue weighted by Gasteiger charge is -2.37. The molecule has 1 amide bonds. The molecule has 3 aliphatic heterocycles. The first-order chi connectivity index (χ1) is 12.6. The molecule has 3 aliphatic rings. The lowest BCUT2D eigenvalue weighted by Crippen LogP contribution is -2.52. The molecule has 0 aromatic carbocycles. The van der Waals surface area contributed by atoms with Gasteiger partial charge in [-0.05, 0) is 20.3 Å². The first kappa shape index (κ1) is 19.3. The molecular weight excluding hydrogens is 334 g/mol. The van der Waals surface area contributed by atoms with Crippen molar-refractivity contribution in [2.45, 2.75) is 44.6 Å². The molecule has 26 heavy (non-hydrogen) atoms. The van der Waals surface area contributed by atoms with E-state index in [1.54, 1.807) is 6.08 Å². The Hall–Kier alpha value is -1.47. The Morgan fingerprint density at radius 3 is 2.23 bits per heavy atom. The first-order valence-corrected chi connectivity index (χ1v) is 9.20. The summed E-state index contributed by atoms with van der Waals surface area (Å²) in [5.41, 5.74) is 0.961. The van der Waals surface area contributed by atoms with Crippen molar-refractivity contribution >= 4 is 5.91 Å². The number of hydrogen-bond acceptors (Lipinski definition) is 5. The summed E-state index contributed by atoms with van der Waals surface area (Å²) in [6.07, 6.45) is 6.05. The van der Waals surface area contributed by atoms with Crippen LogP contribution in [0.2, 0.25) is 0 Å². The van der Waals surface area contributed by atoms with E-state index in [-0.39, 0.29) is 55.6 Å². The quantitative estimate of drug-likeness (QED) is 0.678. The van der Waals surface area contributed by atoms with Gasteiger partial charge in [0.1, 0.15) is 25.8 Å². The van der Waals surface area contributed by atoms with Crippen LogP contribution in [0.25, 0.3) is 0 Å². The fraction of sp³-hybridized carbons (Fsp3) is 0.650. The van der Waals surface area contributed by atoms with E-state index in [0.29, 0.717) is 19.6 Å². The zero-order valence-electron chi connectivity index (χ0n) is 15.6. The molecule has 0 saturated carbocycles. The number of fused-ring (bicyclic) bond motifs is 3. The highest BCUT2D eigenvalue weighted by molar-refractivity contribution is 5.81. The fourth-order valence-electron chi connectivity index (χ4n) is 4.30. The van der Waals surface area contributed by atoms with Crippen LogP contribution in [-0.4, -0.2) is 61.9 Å². The molecule has 0 N–H and O–H groups in total. The highest BCUT2D eigenvalue weighted by atomic mass is 16.7. The summed E-state index contributed by atoms with van der Waals surface area (Å²) < 4.78 is 22.6.